The van der Waals surface area contributed by atoms with Crippen LogP contribution in [-0.2, 0) is 19.5 Å². The Labute approximate surface area is 131 Å². The Morgan fingerprint density at radius 2 is 2.05 bits per heavy atom. The Morgan fingerprint density at radius 3 is 2.71 bits per heavy atom. The summed E-state index contributed by atoms with van der Waals surface area (Å²) < 4.78 is 0. The molecule has 0 amide bonds. The third-order valence-corrected chi connectivity index (χ3v) is 5.03. The van der Waals surface area contributed by atoms with Crippen molar-refractivity contribution in [3.05, 3.63) is 46.5 Å². The van der Waals surface area contributed by atoms with Gasteiger partial charge in [-0.1, -0.05) is 37.3 Å². The molecular weight excluding hydrogens is 278 g/mol. The van der Waals surface area contributed by atoms with Crippen molar-refractivity contribution >= 4 is 16.5 Å². The van der Waals surface area contributed by atoms with Gasteiger partial charge in [0.1, 0.15) is 0 Å². The van der Waals surface area contributed by atoms with Crippen LogP contribution in [0.5, 0.6) is 0 Å². The van der Waals surface area contributed by atoms with E-state index in [1.54, 1.807) is 0 Å². The minimum Gasteiger partial charge on any atom is -0.347 e. The minimum atomic E-state index is 0.752. The number of hydrogen-bond donors (Lipinski definition) is 1. The lowest BCUT2D eigenvalue weighted by atomic mass is 10.2. The quantitative estimate of drug-likeness (QED) is 0.847. The number of anilines is 1. The molecule has 1 aliphatic carbocycles. The van der Waals surface area contributed by atoms with Crippen LogP contribution in [0, 0.1) is 0 Å². The molecule has 1 aromatic carbocycles. The number of aromatic nitrogens is 1. The summed E-state index contributed by atoms with van der Waals surface area (Å²) in [5.41, 5.74) is 2.58. The fourth-order valence-corrected chi connectivity index (χ4v) is 3.46. The van der Waals surface area contributed by atoms with Gasteiger partial charge in [-0.25, -0.2) is 4.98 Å². The third kappa shape index (κ3) is 3.83. The topological polar surface area (TPSA) is 28.2 Å². The van der Waals surface area contributed by atoms with Gasteiger partial charge in [0, 0.05) is 31.1 Å². The van der Waals surface area contributed by atoms with Crippen LogP contribution in [0.1, 0.15) is 35.9 Å². The molecule has 0 unspecified atom stereocenters. The molecule has 0 saturated heterocycles. The van der Waals surface area contributed by atoms with Gasteiger partial charge >= 0.3 is 0 Å². The van der Waals surface area contributed by atoms with Crippen molar-refractivity contribution in [2.45, 2.75) is 45.3 Å². The van der Waals surface area contributed by atoms with Crippen molar-refractivity contribution in [2.24, 2.45) is 0 Å². The summed E-state index contributed by atoms with van der Waals surface area (Å²) in [6, 6.07) is 11.3. The summed E-state index contributed by atoms with van der Waals surface area (Å²) in [6.07, 6.45) is 3.68. The van der Waals surface area contributed by atoms with Crippen molar-refractivity contribution in [1.29, 1.82) is 0 Å². The molecule has 21 heavy (non-hydrogen) atoms. The van der Waals surface area contributed by atoms with Crippen molar-refractivity contribution < 1.29 is 0 Å². The van der Waals surface area contributed by atoms with Crippen LogP contribution < -0.4 is 10.2 Å². The predicted molar refractivity (Wildman–Crippen MR) is 89.9 cm³/mol. The van der Waals surface area contributed by atoms with Crippen LogP contribution in [0.3, 0.4) is 0 Å². The Bertz CT molecular complexity index is 575. The van der Waals surface area contributed by atoms with E-state index in [4.69, 9.17) is 4.98 Å². The molecule has 1 fully saturated rings. The number of hydrogen-bond acceptors (Lipinski definition) is 4. The average molecular weight is 301 g/mol. The number of thiazole rings is 1. The second kappa shape index (κ2) is 6.58. The molecule has 0 spiro atoms. The SMILES string of the molecule is CCc1nc(N(C)Cc2ccccc2)sc1CNC1CC1. The van der Waals surface area contributed by atoms with Gasteiger partial charge in [-0.05, 0) is 24.8 Å². The molecule has 0 aliphatic heterocycles. The monoisotopic (exact) mass is 301 g/mol. The maximum atomic E-state index is 4.83. The number of aryl methyl sites for hydroxylation is 1. The molecule has 0 radical (unpaired) electrons. The highest BCUT2D eigenvalue weighted by molar-refractivity contribution is 7.15. The van der Waals surface area contributed by atoms with Crippen LogP contribution in [0.4, 0.5) is 5.13 Å². The van der Waals surface area contributed by atoms with Crippen LogP contribution in [0.15, 0.2) is 30.3 Å². The van der Waals surface area contributed by atoms with Crippen molar-refractivity contribution in [1.82, 2.24) is 10.3 Å². The summed E-state index contributed by atoms with van der Waals surface area (Å²) in [5, 5.41) is 4.73. The molecule has 1 aromatic heterocycles. The fraction of sp³-hybridized carbons (Fsp3) is 0.471. The van der Waals surface area contributed by atoms with Crippen molar-refractivity contribution in [2.75, 3.05) is 11.9 Å². The summed E-state index contributed by atoms with van der Waals surface area (Å²) in [7, 11) is 2.13. The fourth-order valence-electron chi connectivity index (χ4n) is 2.40. The zero-order valence-corrected chi connectivity index (χ0v) is 13.6. The summed E-state index contributed by atoms with van der Waals surface area (Å²) in [4.78, 5) is 8.48. The Kier molecular flexibility index (Phi) is 4.56. The molecule has 2 aromatic rings. The lowest BCUT2D eigenvalue weighted by molar-refractivity contribution is 0.689. The highest BCUT2D eigenvalue weighted by Gasteiger charge is 2.21. The van der Waals surface area contributed by atoms with E-state index in [1.807, 2.05) is 11.3 Å². The van der Waals surface area contributed by atoms with E-state index in [9.17, 15) is 0 Å². The first-order valence-electron chi connectivity index (χ1n) is 7.73. The average Bonchev–Trinajstić information content (AvgIpc) is 3.24. The van der Waals surface area contributed by atoms with E-state index in [1.165, 1.54) is 29.0 Å². The van der Waals surface area contributed by atoms with Gasteiger partial charge in [0.2, 0.25) is 0 Å². The molecule has 3 rings (SSSR count). The maximum absolute atomic E-state index is 4.83. The lowest BCUT2D eigenvalue weighted by Crippen LogP contribution is -2.16. The van der Waals surface area contributed by atoms with E-state index < -0.39 is 0 Å². The Balaban J connectivity index is 1.68. The zero-order valence-electron chi connectivity index (χ0n) is 12.8. The third-order valence-electron chi connectivity index (χ3n) is 3.82. The van der Waals surface area contributed by atoms with E-state index in [0.717, 1.165) is 30.7 Å². The first-order valence-corrected chi connectivity index (χ1v) is 8.55. The van der Waals surface area contributed by atoms with Crippen molar-refractivity contribution in [3.63, 3.8) is 0 Å². The molecule has 112 valence electrons. The highest BCUT2D eigenvalue weighted by Crippen LogP contribution is 2.28. The van der Waals surface area contributed by atoms with Crippen LogP contribution in [-0.4, -0.2) is 18.1 Å². The number of nitrogens with zero attached hydrogens (tertiary/aromatic N) is 2. The molecule has 1 N–H and O–H groups in total. The zero-order chi connectivity index (χ0) is 14.7. The molecule has 1 aliphatic rings. The highest BCUT2D eigenvalue weighted by atomic mass is 32.1. The molecule has 1 saturated carbocycles. The molecule has 0 atom stereocenters. The van der Waals surface area contributed by atoms with Gasteiger partial charge in [-0.3, -0.25) is 0 Å². The maximum Gasteiger partial charge on any atom is 0.185 e. The minimum absolute atomic E-state index is 0.752. The van der Waals surface area contributed by atoms with Gasteiger partial charge in [-0.15, -0.1) is 11.3 Å². The Morgan fingerprint density at radius 1 is 1.29 bits per heavy atom. The number of rotatable bonds is 7. The number of nitrogens with one attached hydrogen (secondary N) is 1. The lowest BCUT2D eigenvalue weighted by Gasteiger charge is -2.15. The van der Waals surface area contributed by atoms with Gasteiger partial charge in [0.05, 0.1) is 5.69 Å². The van der Waals surface area contributed by atoms with Gasteiger partial charge < -0.3 is 10.2 Å². The van der Waals surface area contributed by atoms with Gasteiger partial charge in [0.25, 0.3) is 0 Å². The smallest absolute Gasteiger partial charge is 0.185 e. The first kappa shape index (κ1) is 14.5. The van der Waals surface area contributed by atoms with Crippen LogP contribution in [0.25, 0.3) is 0 Å². The molecule has 1 heterocycles. The van der Waals surface area contributed by atoms with Crippen molar-refractivity contribution in [3.8, 4) is 0 Å². The summed E-state index contributed by atoms with van der Waals surface area (Å²) in [5.74, 6) is 0. The normalized spacial score (nSPS) is 14.4. The largest absolute Gasteiger partial charge is 0.347 e. The number of benzene rings is 1. The van der Waals surface area contributed by atoms with E-state index in [-0.39, 0.29) is 0 Å². The second-order valence-corrected chi connectivity index (χ2v) is 6.78. The molecule has 3 nitrogen and oxygen atoms in total. The van der Waals surface area contributed by atoms with Crippen LogP contribution >= 0.6 is 11.3 Å². The van der Waals surface area contributed by atoms with Crippen LogP contribution in [0.2, 0.25) is 0 Å². The molecule has 0 bridgehead atoms. The molecule has 4 heteroatoms. The standard InChI is InChI=1S/C17H23N3S/c1-3-15-16(11-18-14-9-10-14)21-17(19-15)20(2)12-13-7-5-4-6-8-13/h4-8,14,18H,3,9-12H2,1-2H3. The first-order chi connectivity index (χ1) is 10.3. The summed E-state index contributed by atoms with van der Waals surface area (Å²) >= 11 is 1.83. The second-order valence-electron chi connectivity index (χ2n) is 5.72. The Hall–Kier alpha value is -1.39. The van der Waals surface area contributed by atoms with Gasteiger partial charge in [-0.2, -0.15) is 0 Å². The van der Waals surface area contributed by atoms with Gasteiger partial charge in [0.15, 0.2) is 5.13 Å². The van der Waals surface area contributed by atoms with E-state index >= 15 is 0 Å². The van der Waals surface area contributed by atoms with E-state index in [2.05, 4.69) is 54.5 Å². The molecular formula is C17H23N3S. The summed E-state index contributed by atoms with van der Waals surface area (Å²) in [6.45, 7) is 4.08. The predicted octanol–water partition coefficient (Wildman–Crippen LogP) is 3.59. The van der Waals surface area contributed by atoms with E-state index in [0.29, 0.717) is 0 Å².